The summed E-state index contributed by atoms with van der Waals surface area (Å²) in [5, 5.41) is 9.95. The Hall–Kier alpha value is -5.65. The van der Waals surface area contributed by atoms with Gasteiger partial charge in [-0.15, -0.1) is 0 Å². The molecule has 0 aliphatic carbocycles. The number of ether oxygens (including phenoxy) is 1. The van der Waals surface area contributed by atoms with E-state index in [4.69, 9.17) is 22.1 Å². The number of benzene rings is 3. The van der Waals surface area contributed by atoms with Crippen LogP contribution in [0.25, 0.3) is 0 Å². The topological polar surface area (TPSA) is 178 Å². The van der Waals surface area contributed by atoms with E-state index in [1.807, 2.05) is 30.3 Å². The van der Waals surface area contributed by atoms with E-state index < -0.39 is 19.1 Å². The molecular formula is C47H56ClN10O5P. The number of piperazine rings is 1. The number of methoxy groups -OCH3 is 1. The van der Waals surface area contributed by atoms with Crippen LogP contribution in [-0.4, -0.2) is 121 Å². The first kappa shape index (κ1) is 44.9. The number of aromatic nitrogens is 2. The highest BCUT2D eigenvalue weighted by molar-refractivity contribution is 7.70. The van der Waals surface area contributed by atoms with Crippen molar-refractivity contribution in [3.63, 3.8) is 0 Å². The third-order valence-corrected chi connectivity index (χ3v) is 14.4. The maximum atomic E-state index is 13.2. The first-order valence-corrected chi connectivity index (χ1v) is 25.0. The number of carbonyl (C=O) groups is 3. The summed E-state index contributed by atoms with van der Waals surface area (Å²) in [5.41, 5.74) is 11.2. The minimum atomic E-state index is -2.55. The molecule has 3 amide bonds. The van der Waals surface area contributed by atoms with E-state index >= 15 is 0 Å². The average Bonchev–Trinajstić information content (AvgIpc) is 3.61. The number of halogens is 1. The summed E-state index contributed by atoms with van der Waals surface area (Å²) in [4.78, 5) is 55.6. The van der Waals surface area contributed by atoms with Crippen molar-refractivity contribution in [3.05, 3.63) is 82.5 Å². The fraction of sp³-hybridized carbons (Fsp3) is 0.426. The molecule has 17 heteroatoms. The van der Waals surface area contributed by atoms with Crippen molar-refractivity contribution < 1.29 is 23.7 Å². The molecule has 0 bridgehead atoms. The van der Waals surface area contributed by atoms with Crippen LogP contribution in [0.15, 0.2) is 60.8 Å². The zero-order chi connectivity index (χ0) is 45.0. The van der Waals surface area contributed by atoms with Crippen LogP contribution in [0, 0.1) is 11.8 Å². The number of nitrogens with one attached hydrogen (secondary N) is 3. The normalized spacial score (nSPS) is 18.6. The summed E-state index contributed by atoms with van der Waals surface area (Å²) in [6.07, 6.45) is 7.05. The first-order valence-electron chi connectivity index (χ1n) is 22.0. The highest BCUT2D eigenvalue weighted by Crippen LogP contribution is 2.39. The minimum Gasteiger partial charge on any atom is -0.494 e. The fourth-order valence-corrected chi connectivity index (χ4v) is 10.4. The largest absolute Gasteiger partial charge is 0.494 e. The van der Waals surface area contributed by atoms with E-state index in [2.05, 4.69) is 64.6 Å². The molecule has 0 saturated carbocycles. The highest BCUT2D eigenvalue weighted by Gasteiger charge is 2.40. The maximum Gasteiger partial charge on any atom is 0.255 e. The Labute approximate surface area is 379 Å². The molecule has 0 spiro atoms. The molecular weight excluding hydrogens is 851 g/mol. The van der Waals surface area contributed by atoms with Gasteiger partial charge < -0.3 is 40.4 Å². The SMILES string of the molecule is COc1cc(N2CCC(N3CCN(CCCCC#Cc4cc(N)cc5c4CN(C4CCC(=O)NC4=O)C5=O)CC3)CC2)ccc1Nc1ncc(Cl)c(Nc2ccccc2P(C)(C)=O)n1. The first-order chi connectivity index (χ1) is 30.8. The van der Waals surface area contributed by atoms with Crippen molar-refractivity contribution in [2.45, 2.75) is 63.6 Å². The summed E-state index contributed by atoms with van der Waals surface area (Å²) in [6, 6.07) is 17.0. The van der Waals surface area contributed by atoms with Gasteiger partial charge in [0.25, 0.3) is 5.91 Å². The van der Waals surface area contributed by atoms with Crippen LogP contribution in [0.5, 0.6) is 5.75 Å². The number of nitrogens with two attached hydrogens (primary N) is 1. The zero-order valence-corrected chi connectivity index (χ0v) is 38.3. The summed E-state index contributed by atoms with van der Waals surface area (Å²) in [5.74, 6) is 7.01. The summed E-state index contributed by atoms with van der Waals surface area (Å²) in [6.45, 7) is 11.0. The van der Waals surface area contributed by atoms with E-state index in [-0.39, 0.29) is 24.8 Å². The van der Waals surface area contributed by atoms with Gasteiger partial charge in [0.05, 0.1) is 24.7 Å². The van der Waals surface area contributed by atoms with Crippen molar-refractivity contribution in [1.29, 1.82) is 0 Å². The van der Waals surface area contributed by atoms with Crippen LogP contribution in [0.3, 0.4) is 0 Å². The summed E-state index contributed by atoms with van der Waals surface area (Å²) in [7, 11) is -0.890. The van der Waals surface area contributed by atoms with Gasteiger partial charge >= 0.3 is 0 Å². The molecule has 1 aromatic heterocycles. The zero-order valence-electron chi connectivity index (χ0n) is 36.7. The van der Waals surface area contributed by atoms with Crippen molar-refractivity contribution in [3.8, 4) is 17.6 Å². The second-order valence-corrected chi connectivity index (χ2v) is 20.8. The molecule has 3 fully saturated rings. The number of carbonyl (C=O) groups excluding carboxylic acids is 3. The molecule has 0 radical (unpaired) electrons. The average molecular weight is 907 g/mol. The lowest BCUT2D eigenvalue weighted by Crippen LogP contribution is -2.53. The van der Waals surface area contributed by atoms with E-state index in [0.717, 1.165) is 106 Å². The molecule has 5 N–H and O–H groups in total. The summed E-state index contributed by atoms with van der Waals surface area (Å²) < 4.78 is 18.7. The molecule has 15 nitrogen and oxygen atoms in total. The Kier molecular flexibility index (Phi) is 13.8. The highest BCUT2D eigenvalue weighted by atomic mass is 35.5. The molecule has 3 aromatic carbocycles. The van der Waals surface area contributed by atoms with E-state index in [1.165, 1.54) is 11.1 Å². The predicted molar refractivity (Wildman–Crippen MR) is 253 cm³/mol. The third kappa shape index (κ3) is 10.3. The number of imide groups is 1. The molecule has 3 saturated heterocycles. The minimum absolute atomic E-state index is 0.211. The Bertz CT molecular complexity index is 2520. The van der Waals surface area contributed by atoms with E-state index in [9.17, 15) is 18.9 Å². The predicted octanol–water partition coefficient (Wildman–Crippen LogP) is 6.03. The van der Waals surface area contributed by atoms with Crippen LogP contribution in [-0.2, 0) is 20.7 Å². The van der Waals surface area contributed by atoms with Crippen LogP contribution in [0.1, 0.15) is 66.4 Å². The number of fused-ring (bicyclic) bond motifs is 1. The monoisotopic (exact) mass is 906 g/mol. The van der Waals surface area contributed by atoms with Gasteiger partial charge in [-0.2, -0.15) is 4.98 Å². The van der Waals surface area contributed by atoms with Gasteiger partial charge in [-0.3, -0.25) is 24.6 Å². The van der Waals surface area contributed by atoms with Gasteiger partial charge in [0, 0.05) is 104 Å². The van der Waals surface area contributed by atoms with E-state index in [0.29, 0.717) is 51.9 Å². The smallest absolute Gasteiger partial charge is 0.255 e. The third-order valence-electron chi connectivity index (χ3n) is 12.6. The van der Waals surface area contributed by atoms with Gasteiger partial charge in [-0.05, 0) is 88.4 Å². The number of anilines is 6. The van der Waals surface area contributed by atoms with Crippen LogP contribution >= 0.6 is 18.7 Å². The molecule has 4 aliphatic heterocycles. The van der Waals surface area contributed by atoms with Gasteiger partial charge in [-0.1, -0.05) is 35.6 Å². The quantitative estimate of drug-likeness (QED) is 0.0403. The van der Waals surface area contributed by atoms with Crippen LogP contribution < -0.4 is 36.6 Å². The van der Waals surface area contributed by atoms with Gasteiger partial charge in [0.1, 0.15) is 24.0 Å². The molecule has 5 heterocycles. The summed E-state index contributed by atoms with van der Waals surface area (Å²) >= 11 is 6.49. The van der Waals surface area contributed by atoms with Crippen molar-refractivity contribution in [2.24, 2.45) is 0 Å². The number of unbranched alkanes of at least 4 members (excludes halogenated alkanes) is 2. The fourth-order valence-electron chi connectivity index (χ4n) is 9.13. The maximum absolute atomic E-state index is 13.2. The Morgan fingerprint density at radius 1 is 0.953 bits per heavy atom. The standard InChI is InChI=1S/C47H56ClN10O5P/c1-63-41-28-34(13-14-38(41)52-47-50-29-37(48)44(54-47)51-39-11-7-8-12-42(39)64(2,3)62)56-20-17-33(18-21-56)57-24-22-55(23-25-57)19-9-5-4-6-10-31-26-32(49)27-35-36(31)30-58(46(35)61)40-15-16-43(59)53-45(40)60/h7-8,11-14,26-29,33,40H,4-5,9,15-25,30,49H2,1-3H3,(H,53,59,60)(H2,50,51,52,54). The molecule has 1 atom stereocenters. The number of amides is 3. The number of piperidine rings is 2. The van der Waals surface area contributed by atoms with Crippen molar-refractivity contribution in [1.82, 2.24) is 30.0 Å². The lowest BCUT2D eigenvalue weighted by atomic mass is 10.0. The molecule has 1 unspecified atom stereocenters. The number of hydrogen-bond acceptors (Lipinski definition) is 13. The van der Waals surface area contributed by atoms with Gasteiger partial charge in [0.15, 0.2) is 5.82 Å². The Morgan fingerprint density at radius 3 is 2.48 bits per heavy atom. The van der Waals surface area contributed by atoms with Gasteiger partial charge in [0.2, 0.25) is 17.8 Å². The number of rotatable bonds is 13. The Balaban J connectivity index is 0.770. The lowest BCUT2D eigenvalue weighted by molar-refractivity contribution is -0.136. The second kappa shape index (κ2) is 19.6. The lowest BCUT2D eigenvalue weighted by Gasteiger charge is -2.43. The molecule has 4 aliphatic rings. The second-order valence-electron chi connectivity index (χ2n) is 17.2. The van der Waals surface area contributed by atoms with Crippen molar-refractivity contribution in [2.75, 3.05) is 87.5 Å². The molecule has 336 valence electrons. The molecule has 4 aromatic rings. The number of hydrogen-bond donors (Lipinski definition) is 4. The number of nitrogen functional groups attached to an aromatic ring is 1. The van der Waals surface area contributed by atoms with Crippen LogP contribution in [0.2, 0.25) is 5.02 Å². The van der Waals surface area contributed by atoms with Crippen molar-refractivity contribution >= 4 is 76.3 Å². The number of para-hydroxylation sites is 1. The molecule has 8 rings (SSSR count). The van der Waals surface area contributed by atoms with Gasteiger partial charge in [-0.25, -0.2) is 4.98 Å². The van der Waals surface area contributed by atoms with E-state index in [1.54, 1.807) is 32.6 Å². The molecule has 64 heavy (non-hydrogen) atoms. The number of nitrogens with zero attached hydrogens (tertiary/aromatic N) is 6. The Morgan fingerprint density at radius 2 is 1.73 bits per heavy atom. The van der Waals surface area contributed by atoms with Crippen LogP contribution in [0.4, 0.5) is 34.5 Å².